The number of aromatic nitrogens is 2. The van der Waals surface area contributed by atoms with Gasteiger partial charge in [-0.2, -0.15) is 0 Å². The number of aromatic hydroxyl groups is 6. The third-order valence-corrected chi connectivity index (χ3v) is 12.5. The predicted octanol–water partition coefficient (Wildman–Crippen LogP) is 9.95. The lowest BCUT2D eigenvalue weighted by Gasteiger charge is -2.23. The number of carboxylic acid groups (broad SMARTS) is 2. The first-order valence-electron chi connectivity index (χ1n) is 21.5. The van der Waals surface area contributed by atoms with Crippen LogP contribution >= 0.6 is 0 Å². The van der Waals surface area contributed by atoms with Crippen molar-refractivity contribution in [2.24, 2.45) is 9.98 Å². The first-order valence-corrected chi connectivity index (χ1v) is 21.5. The average molecular weight is 891 g/mol. The number of benzene rings is 6. The summed E-state index contributed by atoms with van der Waals surface area (Å²) in [5.41, 5.74) is 4.38. The summed E-state index contributed by atoms with van der Waals surface area (Å²) < 4.78 is 0. The zero-order valence-electron chi connectivity index (χ0n) is 37.1. The number of phenols is 6. The average Bonchev–Trinajstić information content (AvgIpc) is 3.87. The summed E-state index contributed by atoms with van der Waals surface area (Å²) in [7, 11) is 0. The predicted molar refractivity (Wildman–Crippen MR) is 257 cm³/mol. The van der Waals surface area contributed by atoms with Gasteiger partial charge in [-0.25, -0.2) is 9.59 Å². The minimum absolute atomic E-state index is 0.0201. The quantitative estimate of drug-likeness (QED) is 0.0387. The number of hydrogen-bond donors (Lipinski definition) is 10. The third kappa shape index (κ3) is 7.53. The second kappa shape index (κ2) is 17.2. The molecule has 0 amide bonds. The minimum Gasteiger partial charge on any atom is -0.507 e. The number of carbonyl (C=O) groups is 2. The number of para-hydroxylation sites is 2. The van der Waals surface area contributed by atoms with Crippen molar-refractivity contribution in [1.29, 1.82) is 0 Å². The molecule has 0 aliphatic carbocycles. The van der Waals surface area contributed by atoms with Gasteiger partial charge in [-0.05, 0) is 70.8 Å². The van der Waals surface area contributed by atoms with Gasteiger partial charge >= 0.3 is 11.9 Å². The molecular formula is C52H50N4O10. The van der Waals surface area contributed by atoms with E-state index in [0.717, 1.165) is 34.2 Å². The van der Waals surface area contributed by atoms with E-state index in [0.29, 0.717) is 44.2 Å². The zero-order valence-corrected chi connectivity index (χ0v) is 37.1. The lowest BCUT2D eigenvalue weighted by atomic mass is 9.83. The van der Waals surface area contributed by atoms with Crippen LogP contribution in [0.1, 0.15) is 84.0 Å². The molecule has 8 rings (SSSR count). The number of aromatic amines is 2. The van der Waals surface area contributed by atoms with Crippen LogP contribution < -0.4 is 0 Å². The zero-order chi connectivity index (χ0) is 47.5. The second-order valence-corrected chi connectivity index (χ2v) is 17.4. The largest absolute Gasteiger partial charge is 0.507 e. The number of fused-ring (bicyclic) bond motifs is 4. The van der Waals surface area contributed by atoms with Gasteiger partial charge in [0.15, 0.2) is 35.1 Å². The molecule has 0 fully saturated rings. The van der Waals surface area contributed by atoms with Crippen molar-refractivity contribution in [1.82, 2.24) is 9.97 Å². The van der Waals surface area contributed by atoms with E-state index in [9.17, 15) is 50.4 Å². The van der Waals surface area contributed by atoms with Crippen LogP contribution in [0.4, 0.5) is 0 Å². The molecule has 0 spiro atoms. The molecule has 0 bridgehead atoms. The Hall–Kier alpha value is -8.00. The first kappa shape index (κ1) is 44.6. The number of aliphatic carboxylic acids is 2. The smallest absolute Gasteiger partial charge is 0.328 e. The van der Waals surface area contributed by atoms with Crippen molar-refractivity contribution < 1.29 is 50.4 Å². The Morgan fingerprint density at radius 3 is 1.26 bits per heavy atom. The van der Waals surface area contributed by atoms with Gasteiger partial charge in [0.25, 0.3) is 0 Å². The molecule has 0 saturated carbocycles. The van der Waals surface area contributed by atoms with Crippen LogP contribution in [0.3, 0.4) is 0 Å². The SMILES string of the molecule is Cc1cc2c(C(C)C)c(O)c(O)c(C=N[C@@H](Cc3c[nH]c4ccccc34)C(=O)O)c2c(O)c1-c1c(C)cc2c(C(C)C)c(O)c(O)c(C=N[C@H](Cc3c[nH]c4ccccc34)C(=O)O)c2c1O. The number of H-pyrrole nitrogens is 2. The number of aliphatic imine (C=N–C) groups is 2. The molecule has 66 heavy (non-hydrogen) atoms. The van der Waals surface area contributed by atoms with Crippen molar-refractivity contribution in [2.45, 2.75) is 78.3 Å². The molecule has 2 aromatic heterocycles. The monoisotopic (exact) mass is 890 g/mol. The second-order valence-electron chi connectivity index (χ2n) is 17.4. The Morgan fingerprint density at radius 1 is 0.545 bits per heavy atom. The maximum atomic E-state index is 12.7. The summed E-state index contributed by atoms with van der Waals surface area (Å²) in [5, 5.41) is 94.4. The van der Waals surface area contributed by atoms with Gasteiger partial charge in [-0.3, -0.25) is 9.98 Å². The molecule has 0 radical (unpaired) electrons. The normalized spacial score (nSPS) is 13.2. The summed E-state index contributed by atoms with van der Waals surface area (Å²) in [6.45, 7) is 10.6. The van der Waals surface area contributed by atoms with E-state index in [1.54, 1.807) is 66.1 Å². The molecule has 0 aliphatic heterocycles. The Kier molecular flexibility index (Phi) is 11.6. The highest BCUT2D eigenvalue weighted by Crippen LogP contribution is 2.54. The van der Waals surface area contributed by atoms with Crippen LogP contribution in [0.15, 0.2) is 83.0 Å². The summed E-state index contributed by atoms with van der Waals surface area (Å²) in [6.07, 6.45) is 5.63. The molecular weight excluding hydrogens is 841 g/mol. The Morgan fingerprint density at radius 2 is 0.909 bits per heavy atom. The molecule has 0 aliphatic rings. The molecule has 10 N–H and O–H groups in total. The van der Waals surface area contributed by atoms with E-state index < -0.39 is 58.5 Å². The molecule has 338 valence electrons. The van der Waals surface area contributed by atoms with Gasteiger partial charge in [0.05, 0.1) is 0 Å². The van der Waals surface area contributed by atoms with E-state index in [-0.39, 0.29) is 57.7 Å². The summed E-state index contributed by atoms with van der Waals surface area (Å²) in [5.74, 6) is -6.34. The van der Waals surface area contributed by atoms with Crippen LogP contribution in [0.5, 0.6) is 34.5 Å². The highest BCUT2D eigenvalue weighted by Gasteiger charge is 2.31. The van der Waals surface area contributed by atoms with E-state index in [2.05, 4.69) is 20.0 Å². The fourth-order valence-corrected chi connectivity index (χ4v) is 9.38. The molecule has 6 aromatic carbocycles. The standard InChI is InChI=1S/C52H50N4O10/c1-23(2)39-31-15-25(5)41(47(59)43(31)33(45(57)49(39)61)21-55-37(51(63)64)17-27-19-53-35-13-9-7-11-29(27)35)42-26(6)16-32-40(24(3)4)50(62)46(58)34(44(32)48(42)60)22-56-38(52(65)66)18-28-20-54-36-14-10-8-12-30(28)36/h7-16,19-24,37-38,53-54,57-62H,17-18H2,1-6H3,(H,63,64)(H,65,66)/t37-,38+. The van der Waals surface area contributed by atoms with Crippen molar-refractivity contribution in [3.8, 4) is 45.6 Å². The van der Waals surface area contributed by atoms with Crippen molar-refractivity contribution >= 4 is 67.7 Å². The van der Waals surface area contributed by atoms with Crippen molar-refractivity contribution in [3.63, 3.8) is 0 Å². The summed E-state index contributed by atoms with van der Waals surface area (Å²) >= 11 is 0. The summed E-state index contributed by atoms with van der Waals surface area (Å²) in [4.78, 5) is 40.4. The minimum atomic E-state index is -1.34. The lowest BCUT2D eigenvalue weighted by molar-refractivity contribution is -0.139. The van der Waals surface area contributed by atoms with Gasteiger partial charge in [0, 0.05) is 104 Å². The van der Waals surface area contributed by atoms with Crippen LogP contribution in [-0.4, -0.2) is 87.3 Å². The Labute approximate surface area is 378 Å². The van der Waals surface area contributed by atoms with E-state index in [1.807, 2.05) is 48.5 Å². The molecule has 0 unspecified atom stereocenters. The maximum absolute atomic E-state index is 12.7. The Balaban J connectivity index is 1.34. The number of hydrogen-bond acceptors (Lipinski definition) is 10. The molecule has 14 nitrogen and oxygen atoms in total. The van der Waals surface area contributed by atoms with Crippen LogP contribution in [0, 0.1) is 13.8 Å². The van der Waals surface area contributed by atoms with Gasteiger partial charge in [0.2, 0.25) is 0 Å². The number of rotatable bonds is 13. The molecule has 8 aromatic rings. The highest BCUT2D eigenvalue weighted by atomic mass is 16.4. The maximum Gasteiger partial charge on any atom is 0.328 e. The van der Waals surface area contributed by atoms with E-state index >= 15 is 0 Å². The van der Waals surface area contributed by atoms with Crippen molar-refractivity contribution in [2.75, 3.05) is 0 Å². The van der Waals surface area contributed by atoms with Crippen molar-refractivity contribution in [3.05, 3.63) is 118 Å². The molecule has 2 heterocycles. The Bertz CT molecular complexity index is 3120. The van der Waals surface area contributed by atoms with Gasteiger partial charge in [-0.15, -0.1) is 0 Å². The van der Waals surface area contributed by atoms with Crippen LogP contribution in [-0.2, 0) is 22.4 Å². The van der Waals surface area contributed by atoms with Gasteiger partial charge in [-0.1, -0.05) is 76.2 Å². The number of nitrogens with one attached hydrogen (secondary N) is 2. The number of aryl methyl sites for hydroxylation is 2. The summed E-state index contributed by atoms with van der Waals surface area (Å²) in [6, 6.07) is 15.5. The fourth-order valence-electron chi connectivity index (χ4n) is 9.38. The molecule has 14 heteroatoms. The van der Waals surface area contributed by atoms with E-state index in [4.69, 9.17) is 0 Å². The number of carboxylic acids is 2. The van der Waals surface area contributed by atoms with E-state index in [1.165, 1.54) is 0 Å². The first-order chi connectivity index (χ1) is 31.4. The molecule has 2 atom stereocenters. The number of nitrogens with zero attached hydrogens (tertiary/aromatic N) is 2. The third-order valence-electron chi connectivity index (χ3n) is 12.5. The molecule has 0 saturated heterocycles. The highest BCUT2D eigenvalue weighted by molar-refractivity contribution is 6.15. The van der Waals surface area contributed by atoms with Gasteiger partial charge < -0.3 is 50.8 Å². The topological polar surface area (TPSA) is 252 Å². The van der Waals surface area contributed by atoms with Crippen LogP contribution in [0.2, 0.25) is 0 Å². The van der Waals surface area contributed by atoms with Gasteiger partial charge in [0.1, 0.15) is 11.5 Å². The van der Waals surface area contributed by atoms with Crippen LogP contribution in [0.25, 0.3) is 54.5 Å². The lowest BCUT2D eigenvalue weighted by Crippen LogP contribution is -2.21. The number of phenolic OH excluding ortho intramolecular Hbond substituents is 6. The fraction of sp³-hybridized carbons (Fsp3) is 0.231.